The Labute approximate surface area is 146 Å². The monoisotopic (exact) mass is 338 g/mol. The highest BCUT2D eigenvalue weighted by Gasteiger charge is 2.28. The standard InChI is InChI=1S/C19H22N4O2/c1-12-6-7-17-16(20-12)10-18(25-17)19(24)22-8-4-5-15(11-22)23-14(3)9-13(2)21-23/h6-7,9-10,15H,4-5,8,11H2,1-3H3/t15-/m1/s1. The van der Waals surface area contributed by atoms with Crippen LogP contribution in [0.25, 0.3) is 11.1 Å². The summed E-state index contributed by atoms with van der Waals surface area (Å²) in [6.07, 6.45) is 2.00. The SMILES string of the molecule is Cc1ccc2oc(C(=O)N3CCC[C@@H](n4nc(C)cc4C)C3)cc2n1. The van der Waals surface area contributed by atoms with Crippen LogP contribution >= 0.6 is 0 Å². The van der Waals surface area contributed by atoms with Crippen molar-refractivity contribution in [2.45, 2.75) is 39.7 Å². The molecule has 1 amide bonds. The van der Waals surface area contributed by atoms with Gasteiger partial charge in [0.2, 0.25) is 0 Å². The third kappa shape index (κ3) is 2.92. The Balaban J connectivity index is 1.57. The number of hydrogen-bond donors (Lipinski definition) is 0. The van der Waals surface area contributed by atoms with E-state index >= 15 is 0 Å². The van der Waals surface area contributed by atoms with Gasteiger partial charge < -0.3 is 9.32 Å². The van der Waals surface area contributed by atoms with Gasteiger partial charge in [0.1, 0.15) is 5.52 Å². The minimum Gasteiger partial charge on any atom is -0.449 e. The van der Waals surface area contributed by atoms with Gasteiger partial charge in [0, 0.05) is 30.5 Å². The van der Waals surface area contributed by atoms with Crippen LogP contribution < -0.4 is 0 Å². The largest absolute Gasteiger partial charge is 0.449 e. The van der Waals surface area contributed by atoms with E-state index in [4.69, 9.17) is 4.42 Å². The molecule has 0 spiro atoms. The van der Waals surface area contributed by atoms with Crippen molar-refractivity contribution >= 4 is 17.0 Å². The zero-order valence-electron chi connectivity index (χ0n) is 14.8. The van der Waals surface area contributed by atoms with Gasteiger partial charge in [0.05, 0.1) is 11.7 Å². The number of carbonyl (C=O) groups is 1. The summed E-state index contributed by atoms with van der Waals surface area (Å²) in [7, 11) is 0. The highest BCUT2D eigenvalue weighted by Crippen LogP contribution is 2.26. The number of amides is 1. The van der Waals surface area contributed by atoms with Crippen molar-refractivity contribution in [2.75, 3.05) is 13.1 Å². The average molecular weight is 338 g/mol. The van der Waals surface area contributed by atoms with Gasteiger partial charge in [-0.05, 0) is 51.8 Å². The lowest BCUT2D eigenvalue weighted by Crippen LogP contribution is -2.41. The van der Waals surface area contributed by atoms with E-state index in [0.717, 1.165) is 42.0 Å². The van der Waals surface area contributed by atoms with E-state index in [1.54, 1.807) is 6.07 Å². The van der Waals surface area contributed by atoms with Crippen molar-refractivity contribution in [3.05, 3.63) is 47.1 Å². The number of furan rings is 1. The molecule has 1 fully saturated rings. The van der Waals surface area contributed by atoms with Crippen molar-refractivity contribution in [1.29, 1.82) is 0 Å². The molecular formula is C19H22N4O2. The summed E-state index contributed by atoms with van der Waals surface area (Å²) in [6.45, 7) is 7.40. The number of likely N-dealkylation sites (tertiary alicyclic amines) is 1. The Hall–Kier alpha value is -2.63. The maximum absolute atomic E-state index is 12.9. The van der Waals surface area contributed by atoms with Crippen LogP contribution in [0.4, 0.5) is 0 Å². The highest BCUT2D eigenvalue weighted by atomic mass is 16.3. The van der Waals surface area contributed by atoms with Crippen molar-refractivity contribution in [3.8, 4) is 0 Å². The Kier molecular flexibility index (Phi) is 3.82. The lowest BCUT2D eigenvalue weighted by Gasteiger charge is -2.32. The summed E-state index contributed by atoms with van der Waals surface area (Å²) in [5.41, 5.74) is 4.45. The zero-order chi connectivity index (χ0) is 17.6. The minimum atomic E-state index is -0.0677. The lowest BCUT2D eigenvalue weighted by atomic mass is 10.1. The first-order chi connectivity index (χ1) is 12.0. The third-order valence-electron chi connectivity index (χ3n) is 4.80. The van der Waals surface area contributed by atoms with Crippen molar-refractivity contribution in [3.63, 3.8) is 0 Å². The summed E-state index contributed by atoms with van der Waals surface area (Å²) in [4.78, 5) is 19.2. The lowest BCUT2D eigenvalue weighted by molar-refractivity contribution is 0.0642. The van der Waals surface area contributed by atoms with Gasteiger partial charge >= 0.3 is 0 Å². The fraction of sp³-hybridized carbons (Fsp3) is 0.421. The first-order valence-electron chi connectivity index (χ1n) is 8.70. The molecule has 0 aliphatic carbocycles. The zero-order valence-corrected chi connectivity index (χ0v) is 14.8. The quantitative estimate of drug-likeness (QED) is 0.718. The van der Waals surface area contributed by atoms with Crippen molar-refractivity contribution in [2.24, 2.45) is 0 Å². The van der Waals surface area contributed by atoms with Crippen LogP contribution in [0.2, 0.25) is 0 Å². The average Bonchev–Trinajstić information content (AvgIpc) is 3.16. The van der Waals surface area contributed by atoms with E-state index in [9.17, 15) is 4.79 Å². The molecule has 1 saturated heterocycles. The second-order valence-corrected chi connectivity index (χ2v) is 6.87. The summed E-state index contributed by atoms with van der Waals surface area (Å²) in [5, 5.41) is 4.59. The topological polar surface area (TPSA) is 64.2 Å². The van der Waals surface area contributed by atoms with E-state index in [-0.39, 0.29) is 11.9 Å². The number of nitrogens with zero attached hydrogens (tertiary/aromatic N) is 4. The van der Waals surface area contributed by atoms with Gasteiger partial charge in [-0.1, -0.05) is 0 Å². The number of rotatable bonds is 2. The number of aryl methyl sites for hydroxylation is 3. The molecule has 0 bridgehead atoms. The molecular weight excluding hydrogens is 316 g/mol. The molecule has 0 radical (unpaired) electrons. The molecule has 6 nitrogen and oxygen atoms in total. The van der Waals surface area contributed by atoms with E-state index in [1.807, 2.05) is 30.9 Å². The molecule has 1 aliphatic rings. The number of piperidine rings is 1. The first-order valence-corrected chi connectivity index (χ1v) is 8.70. The van der Waals surface area contributed by atoms with E-state index in [1.165, 1.54) is 0 Å². The predicted octanol–water partition coefficient (Wildman–Crippen LogP) is 3.43. The molecule has 0 unspecified atom stereocenters. The van der Waals surface area contributed by atoms with Crippen LogP contribution in [0.5, 0.6) is 0 Å². The first kappa shape index (κ1) is 15.9. The van der Waals surface area contributed by atoms with Crippen LogP contribution in [0.1, 0.15) is 46.5 Å². The second-order valence-electron chi connectivity index (χ2n) is 6.87. The molecule has 130 valence electrons. The number of carbonyl (C=O) groups excluding carboxylic acids is 1. The Morgan fingerprint density at radius 1 is 1.20 bits per heavy atom. The molecule has 1 atom stereocenters. The fourth-order valence-corrected chi connectivity index (χ4v) is 3.64. The molecule has 25 heavy (non-hydrogen) atoms. The number of aromatic nitrogens is 3. The molecule has 4 rings (SSSR count). The maximum atomic E-state index is 12.9. The van der Waals surface area contributed by atoms with E-state index < -0.39 is 0 Å². The van der Waals surface area contributed by atoms with Gasteiger partial charge in [-0.15, -0.1) is 0 Å². The molecule has 0 aromatic carbocycles. The number of pyridine rings is 1. The smallest absolute Gasteiger partial charge is 0.289 e. The minimum absolute atomic E-state index is 0.0677. The maximum Gasteiger partial charge on any atom is 0.289 e. The summed E-state index contributed by atoms with van der Waals surface area (Å²) >= 11 is 0. The number of fused-ring (bicyclic) bond motifs is 1. The number of hydrogen-bond acceptors (Lipinski definition) is 4. The molecule has 1 aliphatic heterocycles. The van der Waals surface area contributed by atoms with Crippen LogP contribution in [0.15, 0.2) is 28.7 Å². The van der Waals surface area contributed by atoms with E-state index in [0.29, 0.717) is 17.9 Å². The van der Waals surface area contributed by atoms with Gasteiger partial charge in [0.15, 0.2) is 11.3 Å². The molecule has 3 aromatic heterocycles. The van der Waals surface area contributed by atoms with Gasteiger partial charge in [-0.3, -0.25) is 9.48 Å². The van der Waals surface area contributed by atoms with Crippen LogP contribution in [-0.2, 0) is 0 Å². The van der Waals surface area contributed by atoms with Crippen LogP contribution in [-0.4, -0.2) is 38.7 Å². The van der Waals surface area contributed by atoms with Gasteiger partial charge in [-0.25, -0.2) is 4.98 Å². The van der Waals surface area contributed by atoms with Crippen molar-refractivity contribution in [1.82, 2.24) is 19.7 Å². The molecule has 0 saturated carbocycles. The van der Waals surface area contributed by atoms with Crippen LogP contribution in [0.3, 0.4) is 0 Å². The van der Waals surface area contributed by atoms with Gasteiger partial charge in [-0.2, -0.15) is 5.10 Å². The fourth-order valence-electron chi connectivity index (χ4n) is 3.64. The molecule has 0 N–H and O–H groups in total. The highest BCUT2D eigenvalue weighted by molar-refractivity contribution is 5.95. The normalized spacial score (nSPS) is 18.0. The van der Waals surface area contributed by atoms with Crippen molar-refractivity contribution < 1.29 is 9.21 Å². The Morgan fingerprint density at radius 3 is 2.80 bits per heavy atom. The summed E-state index contributed by atoms with van der Waals surface area (Å²) < 4.78 is 7.78. The van der Waals surface area contributed by atoms with Gasteiger partial charge in [0.25, 0.3) is 5.91 Å². The second kappa shape index (κ2) is 6.02. The molecule has 3 aromatic rings. The predicted molar refractivity (Wildman–Crippen MR) is 94.6 cm³/mol. The third-order valence-corrected chi connectivity index (χ3v) is 4.80. The Morgan fingerprint density at radius 2 is 2.04 bits per heavy atom. The van der Waals surface area contributed by atoms with Crippen LogP contribution in [0, 0.1) is 20.8 Å². The summed E-state index contributed by atoms with van der Waals surface area (Å²) in [6, 6.07) is 7.80. The van der Waals surface area contributed by atoms with E-state index in [2.05, 4.69) is 27.8 Å². The summed E-state index contributed by atoms with van der Waals surface area (Å²) in [5.74, 6) is 0.295. The Bertz CT molecular complexity index is 940. The molecule has 6 heteroatoms. The molecule has 4 heterocycles.